The molecule has 29 heavy (non-hydrogen) atoms. The Kier molecular flexibility index (Phi) is 8.01. The maximum Gasteiger partial charge on any atom is 0.326 e. The first-order valence-corrected chi connectivity index (χ1v) is 10.1. The third-order valence-corrected chi connectivity index (χ3v) is 5.71. The summed E-state index contributed by atoms with van der Waals surface area (Å²) in [4.78, 5) is 38.3. The van der Waals surface area contributed by atoms with Crippen LogP contribution >= 0.6 is 0 Å². The number of hydrogen-bond acceptors (Lipinski definition) is 5. The Labute approximate surface area is 171 Å². The van der Waals surface area contributed by atoms with Gasteiger partial charge in [0.2, 0.25) is 11.8 Å². The molecule has 1 heterocycles. The fraction of sp³-hybridized carbons (Fsp3) is 0.571. The van der Waals surface area contributed by atoms with Crippen LogP contribution in [0, 0.1) is 11.8 Å². The van der Waals surface area contributed by atoms with Crippen LogP contribution in [0.1, 0.15) is 38.7 Å². The molecule has 1 aromatic rings. The van der Waals surface area contributed by atoms with Crippen molar-refractivity contribution in [2.75, 3.05) is 13.1 Å². The molecule has 1 aliphatic heterocycles. The van der Waals surface area contributed by atoms with E-state index in [9.17, 15) is 24.6 Å². The molecular formula is C21H31N3O5. The summed E-state index contributed by atoms with van der Waals surface area (Å²) in [5.74, 6) is -1.65. The molecule has 0 unspecified atom stereocenters. The number of likely N-dealkylation sites (tertiary alicyclic amines) is 1. The summed E-state index contributed by atoms with van der Waals surface area (Å²) in [6, 6.07) is 4.63. The summed E-state index contributed by atoms with van der Waals surface area (Å²) in [7, 11) is 0. The molecule has 3 atom stereocenters. The predicted octanol–water partition coefficient (Wildman–Crippen LogP) is 1.12. The Morgan fingerprint density at radius 3 is 2.31 bits per heavy atom. The van der Waals surface area contributed by atoms with Crippen molar-refractivity contribution in [3.05, 3.63) is 29.8 Å². The quantitative estimate of drug-likeness (QED) is 0.512. The number of phenols is 1. The molecule has 0 saturated carbocycles. The van der Waals surface area contributed by atoms with Crippen LogP contribution in [0.5, 0.6) is 5.75 Å². The van der Waals surface area contributed by atoms with Crippen molar-refractivity contribution in [2.45, 2.75) is 51.6 Å². The molecule has 8 nitrogen and oxygen atoms in total. The molecule has 1 fully saturated rings. The van der Waals surface area contributed by atoms with Crippen LogP contribution in [-0.2, 0) is 20.8 Å². The zero-order valence-corrected chi connectivity index (χ0v) is 17.0. The van der Waals surface area contributed by atoms with Gasteiger partial charge in [0.25, 0.3) is 0 Å². The van der Waals surface area contributed by atoms with E-state index in [4.69, 9.17) is 5.73 Å². The minimum Gasteiger partial charge on any atom is -0.508 e. The van der Waals surface area contributed by atoms with Crippen LogP contribution in [0.15, 0.2) is 24.3 Å². The second-order valence-corrected chi connectivity index (χ2v) is 7.78. The molecule has 2 amide bonds. The van der Waals surface area contributed by atoms with E-state index in [1.54, 1.807) is 17.0 Å². The van der Waals surface area contributed by atoms with E-state index >= 15 is 0 Å². The largest absolute Gasteiger partial charge is 0.508 e. The van der Waals surface area contributed by atoms with Gasteiger partial charge in [0.1, 0.15) is 11.8 Å². The van der Waals surface area contributed by atoms with Gasteiger partial charge >= 0.3 is 5.97 Å². The third-order valence-electron chi connectivity index (χ3n) is 5.71. The van der Waals surface area contributed by atoms with Crippen LogP contribution in [0.25, 0.3) is 0 Å². The number of aliphatic carboxylic acids is 1. The van der Waals surface area contributed by atoms with Gasteiger partial charge in [-0.15, -0.1) is 0 Å². The molecule has 0 bridgehead atoms. The van der Waals surface area contributed by atoms with Crippen molar-refractivity contribution in [3.63, 3.8) is 0 Å². The fourth-order valence-electron chi connectivity index (χ4n) is 3.43. The van der Waals surface area contributed by atoms with Gasteiger partial charge in [0.15, 0.2) is 0 Å². The monoisotopic (exact) mass is 405 g/mol. The first-order valence-electron chi connectivity index (χ1n) is 10.1. The van der Waals surface area contributed by atoms with Gasteiger partial charge < -0.3 is 26.2 Å². The number of amides is 2. The first kappa shape index (κ1) is 22.7. The summed E-state index contributed by atoms with van der Waals surface area (Å²) in [6.07, 6.45) is 1.92. The topological polar surface area (TPSA) is 133 Å². The molecule has 2 rings (SSSR count). The smallest absolute Gasteiger partial charge is 0.326 e. The Hall–Kier alpha value is -2.61. The highest BCUT2D eigenvalue weighted by Crippen LogP contribution is 2.20. The van der Waals surface area contributed by atoms with Gasteiger partial charge in [0.05, 0.1) is 6.04 Å². The normalized spacial score (nSPS) is 18.0. The van der Waals surface area contributed by atoms with Gasteiger partial charge in [-0.2, -0.15) is 0 Å². The average molecular weight is 405 g/mol. The van der Waals surface area contributed by atoms with E-state index in [2.05, 4.69) is 5.32 Å². The van der Waals surface area contributed by atoms with Crippen molar-refractivity contribution in [3.8, 4) is 5.75 Å². The molecule has 0 aromatic heterocycles. The average Bonchev–Trinajstić information content (AvgIpc) is 2.73. The Balaban J connectivity index is 1.89. The van der Waals surface area contributed by atoms with Gasteiger partial charge in [-0.3, -0.25) is 9.59 Å². The van der Waals surface area contributed by atoms with Crippen molar-refractivity contribution in [1.82, 2.24) is 10.2 Å². The molecule has 1 aromatic carbocycles. The highest BCUT2D eigenvalue weighted by atomic mass is 16.4. The van der Waals surface area contributed by atoms with Gasteiger partial charge in [-0.25, -0.2) is 4.79 Å². The van der Waals surface area contributed by atoms with E-state index in [0.29, 0.717) is 31.5 Å². The number of carboxylic acid groups (broad SMARTS) is 1. The summed E-state index contributed by atoms with van der Waals surface area (Å²) < 4.78 is 0. The molecule has 0 aliphatic carbocycles. The lowest BCUT2D eigenvalue weighted by Crippen LogP contribution is -2.52. The number of carboxylic acids is 1. The predicted molar refractivity (Wildman–Crippen MR) is 108 cm³/mol. The third kappa shape index (κ3) is 6.19. The maximum absolute atomic E-state index is 12.6. The van der Waals surface area contributed by atoms with Gasteiger partial charge in [-0.05, 0) is 36.5 Å². The number of nitrogens with zero attached hydrogens (tertiary/aromatic N) is 1. The number of phenolic OH excluding ortho intramolecular Hbond substituents is 1. The van der Waals surface area contributed by atoms with Crippen molar-refractivity contribution < 1.29 is 24.6 Å². The van der Waals surface area contributed by atoms with Crippen LogP contribution < -0.4 is 11.1 Å². The second-order valence-electron chi connectivity index (χ2n) is 7.78. The Morgan fingerprint density at radius 2 is 1.79 bits per heavy atom. The SMILES string of the molecule is CC[C@H](C)[C@H](N)C(=O)N1CCC(C(=O)N[C@@H](Cc2ccc(O)cc2)C(=O)O)CC1. The molecule has 5 N–H and O–H groups in total. The zero-order valence-electron chi connectivity index (χ0n) is 17.0. The number of carbonyl (C=O) groups is 3. The molecule has 1 saturated heterocycles. The number of aromatic hydroxyl groups is 1. The molecule has 160 valence electrons. The van der Waals surface area contributed by atoms with Crippen molar-refractivity contribution in [1.29, 1.82) is 0 Å². The van der Waals surface area contributed by atoms with Crippen LogP contribution in [0.4, 0.5) is 0 Å². The van der Waals surface area contributed by atoms with Crippen molar-refractivity contribution >= 4 is 17.8 Å². The highest BCUT2D eigenvalue weighted by Gasteiger charge is 2.32. The summed E-state index contributed by atoms with van der Waals surface area (Å²) in [5.41, 5.74) is 6.73. The number of nitrogens with two attached hydrogens (primary N) is 1. The molecule has 8 heteroatoms. The van der Waals surface area contributed by atoms with E-state index in [1.807, 2.05) is 13.8 Å². The minimum atomic E-state index is -1.11. The standard InChI is InChI=1S/C21H31N3O5/c1-3-13(2)18(22)20(27)24-10-8-15(9-11-24)19(26)23-17(21(28)29)12-14-4-6-16(25)7-5-14/h4-7,13,15,17-18,25H,3,8-12,22H2,1-2H3,(H,23,26)(H,28,29)/t13-,17-,18-/m0/s1. The number of benzene rings is 1. The fourth-order valence-corrected chi connectivity index (χ4v) is 3.43. The Bertz CT molecular complexity index is 714. The lowest BCUT2D eigenvalue weighted by molar-refractivity contribution is -0.143. The van der Waals surface area contributed by atoms with Gasteiger partial charge in [-0.1, -0.05) is 32.4 Å². The van der Waals surface area contributed by atoms with Crippen LogP contribution in [0.2, 0.25) is 0 Å². The lowest BCUT2D eigenvalue weighted by atomic mass is 9.93. The number of carbonyl (C=O) groups excluding carboxylic acids is 2. The number of rotatable bonds is 8. The van der Waals surface area contributed by atoms with Crippen LogP contribution in [-0.4, -0.2) is 58.1 Å². The zero-order chi connectivity index (χ0) is 21.6. The summed E-state index contributed by atoms with van der Waals surface area (Å²) >= 11 is 0. The number of nitrogens with one attached hydrogen (secondary N) is 1. The molecule has 0 radical (unpaired) electrons. The highest BCUT2D eigenvalue weighted by molar-refractivity contribution is 5.86. The van der Waals surface area contributed by atoms with Crippen LogP contribution in [0.3, 0.4) is 0 Å². The summed E-state index contributed by atoms with van der Waals surface area (Å²) in [5, 5.41) is 21.4. The number of piperidine rings is 1. The second kappa shape index (κ2) is 10.2. The first-order chi connectivity index (χ1) is 13.7. The molecular weight excluding hydrogens is 374 g/mol. The lowest BCUT2D eigenvalue weighted by Gasteiger charge is -2.34. The molecule has 0 spiro atoms. The summed E-state index contributed by atoms with van der Waals surface area (Å²) in [6.45, 7) is 4.82. The number of hydrogen-bond donors (Lipinski definition) is 4. The molecule has 1 aliphatic rings. The maximum atomic E-state index is 12.6. The van der Waals surface area contributed by atoms with Crippen molar-refractivity contribution in [2.24, 2.45) is 17.6 Å². The van der Waals surface area contributed by atoms with E-state index in [1.165, 1.54) is 12.1 Å². The Morgan fingerprint density at radius 1 is 1.21 bits per heavy atom. The van der Waals surface area contributed by atoms with E-state index in [0.717, 1.165) is 6.42 Å². The van der Waals surface area contributed by atoms with Gasteiger partial charge in [0, 0.05) is 25.4 Å². The minimum absolute atomic E-state index is 0.0889. The van der Waals surface area contributed by atoms with E-state index < -0.39 is 18.1 Å². The van der Waals surface area contributed by atoms with E-state index in [-0.39, 0.29) is 35.8 Å².